The van der Waals surface area contributed by atoms with E-state index in [-0.39, 0.29) is 18.6 Å². The maximum atomic E-state index is 13.8. The Morgan fingerprint density at radius 3 is 2.62 bits per heavy atom. The number of anilines is 1. The van der Waals surface area contributed by atoms with Crippen LogP contribution in [-0.2, 0) is 6.54 Å². The Balaban J connectivity index is 1.30. The predicted octanol–water partition coefficient (Wildman–Crippen LogP) is 2.90. The van der Waals surface area contributed by atoms with Gasteiger partial charge in [0, 0.05) is 50.0 Å². The van der Waals surface area contributed by atoms with Crippen molar-refractivity contribution in [2.45, 2.75) is 6.54 Å². The Morgan fingerprint density at radius 2 is 1.81 bits per heavy atom. The molecule has 2 amide bonds. The zero-order chi connectivity index (χ0) is 17.9. The van der Waals surface area contributed by atoms with Crippen LogP contribution in [0.1, 0.15) is 5.56 Å². The molecule has 136 valence electrons. The highest BCUT2D eigenvalue weighted by Gasteiger charge is 2.22. The van der Waals surface area contributed by atoms with E-state index in [1.54, 1.807) is 35.2 Å². The minimum absolute atomic E-state index is 0.144. The summed E-state index contributed by atoms with van der Waals surface area (Å²) in [7, 11) is 0. The number of fused-ring (bicyclic) bond motifs is 1. The van der Waals surface area contributed by atoms with Crippen molar-refractivity contribution in [2.75, 3.05) is 38.3 Å². The molecule has 0 aromatic heterocycles. The van der Waals surface area contributed by atoms with Gasteiger partial charge in [-0.3, -0.25) is 4.90 Å². The first-order valence-electron chi connectivity index (χ1n) is 8.60. The van der Waals surface area contributed by atoms with Gasteiger partial charge in [0.15, 0.2) is 11.5 Å². The monoisotopic (exact) mass is 357 g/mol. The van der Waals surface area contributed by atoms with Crippen molar-refractivity contribution in [3.05, 3.63) is 53.8 Å². The molecule has 0 atom stereocenters. The second-order valence-corrected chi connectivity index (χ2v) is 6.35. The summed E-state index contributed by atoms with van der Waals surface area (Å²) in [6, 6.07) is 12.0. The lowest BCUT2D eigenvalue weighted by atomic mass is 10.2. The molecule has 1 saturated heterocycles. The lowest BCUT2D eigenvalue weighted by molar-refractivity contribution is 0.142. The third-order valence-corrected chi connectivity index (χ3v) is 4.64. The number of ether oxygens (including phenoxy) is 2. The van der Waals surface area contributed by atoms with Crippen LogP contribution in [0.2, 0.25) is 0 Å². The number of nitrogens with one attached hydrogen (secondary N) is 1. The Hall–Kier alpha value is -2.80. The molecule has 2 aromatic rings. The van der Waals surface area contributed by atoms with Crippen molar-refractivity contribution in [2.24, 2.45) is 0 Å². The Bertz CT molecular complexity index is 806. The topological polar surface area (TPSA) is 54.0 Å². The van der Waals surface area contributed by atoms with Crippen LogP contribution in [0.25, 0.3) is 0 Å². The van der Waals surface area contributed by atoms with Crippen LogP contribution in [0.4, 0.5) is 14.9 Å². The van der Waals surface area contributed by atoms with Crippen LogP contribution < -0.4 is 14.8 Å². The van der Waals surface area contributed by atoms with E-state index in [4.69, 9.17) is 9.47 Å². The molecular weight excluding hydrogens is 337 g/mol. The van der Waals surface area contributed by atoms with E-state index in [0.29, 0.717) is 55.5 Å². The fourth-order valence-corrected chi connectivity index (χ4v) is 3.15. The van der Waals surface area contributed by atoms with Crippen LogP contribution in [0, 0.1) is 5.82 Å². The van der Waals surface area contributed by atoms with Crippen molar-refractivity contribution in [3.63, 3.8) is 0 Å². The van der Waals surface area contributed by atoms with Gasteiger partial charge in [0.25, 0.3) is 0 Å². The number of halogens is 1. The molecule has 0 spiro atoms. The highest BCUT2D eigenvalue weighted by Crippen LogP contribution is 2.34. The third kappa shape index (κ3) is 3.57. The average Bonchev–Trinajstić information content (AvgIpc) is 3.12. The first-order valence-corrected chi connectivity index (χ1v) is 8.60. The molecule has 0 saturated carbocycles. The van der Waals surface area contributed by atoms with Gasteiger partial charge < -0.3 is 19.7 Å². The molecule has 2 aliphatic rings. The smallest absolute Gasteiger partial charge is 0.321 e. The summed E-state index contributed by atoms with van der Waals surface area (Å²) < 4.78 is 24.4. The number of carbonyl (C=O) groups excluding carboxylic acids is 1. The van der Waals surface area contributed by atoms with Gasteiger partial charge in [-0.25, -0.2) is 9.18 Å². The number of urea groups is 1. The van der Waals surface area contributed by atoms with Crippen LogP contribution >= 0.6 is 0 Å². The van der Waals surface area contributed by atoms with Crippen LogP contribution in [0.3, 0.4) is 0 Å². The first kappa shape index (κ1) is 16.7. The molecular formula is C19H20FN3O3. The average molecular weight is 357 g/mol. The van der Waals surface area contributed by atoms with E-state index in [9.17, 15) is 9.18 Å². The highest BCUT2D eigenvalue weighted by molar-refractivity contribution is 5.89. The fraction of sp³-hybridized carbons (Fsp3) is 0.316. The number of amides is 2. The second-order valence-electron chi connectivity index (χ2n) is 6.35. The van der Waals surface area contributed by atoms with E-state index in [2.05, 4.69) is 10.2 Å². The summed E-state index contributed by atoms with van der Waals surface area (Å²) in [6.45, 7) is 3.39. The van der Waals surface area contributed by atoms with Crippen molar-refractivity contribution in [1.29, 1.82) is 0 Å². The maximum absolute atomic E-state index is 13.8. The molecule has 2 aromatic carbocycles. The number of nitrogens with zero attached hydrogens (tertiary/aromatic N) is 2. The van der Waals surface area contributed by atoms with Gasteiger partial charge in [0.2, 0.25) is 6.79 Å². The number of piperazine rings is 1. The molecule has 0 bridgehead atoms. The molecule has 6 nitrogen and oxygen atoms in total. The van der Waals surface area contributed by atoms with Crippen LogP contribution in [-0.4, -0.2) is 48.8 Å². The predicted molar refractivity (Wildman–Crippen MR) is 94.8 cm³/mol. The first-order chi connectivity index (χ1) is 12.7. The zero-order valence-electron chi connectivity index (χ0n) is 14.3. The summed E-state index contributed by atoms with van der Waals surface area (Å²) in [5.41, 5.74) is 1.36. The quantitative estimate of drug-likeness (QED) is 0.918. The minimum atomic E-state index is -0.185. The van der Waals surface area contributed by atoms with Gasteiger partial charge in [0.05, 0.1) is 0 Å². The van der Waals surface area contributed by atoms with Crippen molar-refractivity contribution < 1.29 is 18.7 Å². The molecule has 0 unspecified atom stereocenters. The van der Waals surface area contributed by atoms with E-state index in [1.165, 1.54) is 6.07 Å². The van der Waals surface area contributed by atoms with Gasteiger partial charge >= 0.3 is 6.03 Å². The minimum Gasteiger partial charge on any atom is -0.454 e. The summed E-state index contributed by atoms with van der Waals surface area (Å²) in [4.78, 5) is 16.4. The standard InChI is InChI=1S/C19H20FN3O3/c20-16-4-2-1-3-14(16)12-22-7-9-23(10-8-22)19(24)21-15-5-6-17-18(11-15)26-13-25-17/h1-6,11H,7-10,12-13H2,(H,21,24). The fourth-order valence-electron chi connectivity index (χ4n) is 3.15. The lowest BCUT2D eigenvalue weighted by Gasteiger charge is -2.34. The molecule has 1 N–H and O–H groups in total. The molecule has 2 aliphatic heterocycles. The van der Waals surface area contributed by atoms with Gasteiger partial charge in [-0.1, -0.05) is 18.2 Å². The molecule has 7 heteroatoms. The van der Waals surface area contributed by atoms with Gasteiger partial charge in [0.1, 0.15) is 5.82 Å². The van der Waals surface area contributed by atoms with Crippen LogP contribution in [0.15, 0.2) is 42.5 Å². The van der Waals surface area contributed by atoms with Crippen LogP contribution in [0.5, 0.6) is 11.5 Å². The Morgan fingerprint density at radius 1 is 1.04 bits per heavy atom. The second kappa shape index (κ2) is 7.21. The van der Waals surface area contributed by atoms with Crippen molar-refractivity contribution >= 4 is 11.7 Å². The van der Waals surface area contributed by atoms with E-state index in [1.807, 2.05) is 6.07 Å². The third-order valence-electron chi connectivity index (χ3n) is 4.64. The zero-order valence-corrected chi connectivity index (χ0v) is 14.3. The molecule has 4 rings (SSSR count). The number of rotatable bonds is 3. The SMILES string of the molecule is O=C(Nc1ccc2c(c1)OCO2)N1CCN(Cc2ccccc2F)CC1. The van der Waals surface area contributed by atoms with E-state index < -0.39 is 0 Å². The number of carbonyl (C=O) groups is 1. The Kier molecular flexibility index (Phi) is 4.62. The van der Waals surface area contributed by atoms with Crippen molar-refractivity contribution in [3.8, 4) is 11.5 Å². The van der Waals surface area contributed by atoms with Crippen molar-refractivity contribution in [1.82, 2.24) is 9.80 Å². The van der Waals surface area contributed by atoms with Gasteiger partial charge in [-0.15, -0.1) is 0 Å². The number of hydrogen-bond donors (Lipinski definition) is 1. The van der Waals surface area contributed by atoms with Gasteiger partial charge in [-0.05, 0) is 18.2 Å². The number of benzene rings is 2. The lowest BCUT2D eigenvalue weighted by Crippen LogP contribution is -2.49. The summed E-state index contributed by atoms with van der Waals surface area (Å²) in [5.74, 6) is 1.14. The normalized spacial score (nSPS) is 16.6. The van der Waals surface area contributed by atoms with E-state index >= 15 is 0 Å². The summed E-state index contributed by atoms with van der Waals surface area (Å²) >= 11 is 0. The molecule has 0 aliphatic carbocycles. The summed E-state index contributed by atoms with van der Waals surface area (Å²) in [5, 5.41) is 2.89. The van der Waals surface area contributed by atoms with E-state index in [0.717, 1.165) is 0 Å². The molecule has 2 heterocycles. The highest BCUT2D eigenvalue weighted by atomic mass is 19.1. The molecule has 26 heavy (non-hydrogen) atoms. The maximum Gasteiger partial charge on any atom is 0.321 e. The molecule has 1 fully saturated rings. The Labute approximate surface area is 151 Å². The number of hydrogen-bond acceptors (Lipinski definition) is 4. The summed E-state index contributed by atoms with van der Waals surface area (Å²) in [6.07, 6.45) is 0. The largest absolute Gasteiger partial charge is 0.454 e. The van der Waals surface area contributed by atoms with Gasteiger partial charge in [-0.2, -0.15) is 0 Å². The molecule has 0 radical (unpaired) electrons.